The molecule has 1 aliphatic rings. The van der Waals surface area contributed by atoms with Gasteiger partial charge in [0.25, 0.3) is 0 Å². The number of pyridine rings is 1. The van der Waals surface area contributed by atoms with Gasteiger partial charge in [0.1, 0.15) is 11.1 Å². The van der Waals surface area contributed by atoms with Crippen LogP contribution in [0, 0.1) is 11.3 Å². The van der Waals surface area contributed by atoms with Crippen molar-refractivity contribution in [1.29, 1.82) is 5.26 Å². The first-order valence-electron chi connectivity index (χ1n) is 11.4. The summed E-state index contributed by atoms with van der Waals surface area (Å²) in [5.41, 5.74) is 3.65. The molecule has 34 heavy (non-hydrogen) atoms. The van der Waals surface area contributed by atoms with Crippen LogP contribution in [0.2, 0.25) is 0 Å². The highest BCUT2D eigenvalue weighted by Crippen LogP contribution is 2.37. The second-order valence-corrected chi connectivity index (χ2v) is 9.52. The van der Waals surface area contributed by atoms with Gasteiger partial charge in [-0.2, -0.15) is 5.26 Å². The molecule has 0 radical (unpaired) electrons. The highest BCUT2D eigenvalue weighted by atomic mass is 32.1. The number of nitrogens with zero attached hydrogens (tertiary/aromatic N) is 3. The molecule has 1 amide bonds. The first kappa shape index (κ1) is 24.0. The molecule has 8 heteroatoms. The van der Waals surface area contributed by atoms with Crippen LogP contribution in [0.15, 0.2) is 54.9 Å². The Morgan fingerprint density at radius 3 is 2.88 bits per heavy atom. The summed E-state index contributed by atoms with van der Waals surface area (Å²) in [7, 11) is 0. The molecule has 0 fully saturated rings. The molecular formula is C26H28N4O3S. The molecule has 0 aliphatic carbocycles. The van der Waals surface area contributed by atoms with Gasteiger partial charge in [0.2, 0.25) is 12.3 Å². The summed E-state index contributed by atoms with van der Waals surface area (Å²) in [5.74, 6) is -0.0298. The highest BCUT2D eigenvalue weighted by molar-refractivity contribution is 7.16. The Morgan fingerprint density at radius 2 is 2.15 bits per heavy atom. The molecule has 0 saturated heterocycles. The van der Waals surface area contributed by atoms with Crippen molar-refractivity contribution >= 4 is 22.2 Å². The van der Waals surface area contributed by atoms with Crippen molar-refractivity contribution in [2.45, 2.75) is 45.1 Å². The number of anilines is 1. The first-order valence-corrected chi connectivity index (χ1v) is 12.2. The van der Waals surface area contributed by atoms with Gasteiger partial charge in [-0.25, -0.2) is 4.90 Å². The number of hydrogen-bond donors (Lipinski definition) is 2. The van der Waals surface area contributed by atoms with Crippen molar-refractivity contribution in [2.75, 3.05) is 18.5 Å². The molecule has 0 saturated carbocycles. The number of thiophene rings is 1. The van der Waals surface area contributed by atoms with Gasteiger partial charge in [0, 0.05) is 36.8 Å². The Balaban J connectivity index is 1.35. The number of amides is 1. The third kappa shape index (κ3) is 5.88. The van der Waals surface area contributed by atoms with Crippen LogP contribution in [0.4, 0.5) is 5.00 Å². The molecule has 1 aromatic carbocycles. The monoisotopic (exact) mass is 476 g/mol. The van der Waals surface area contributed by atoms with E-state index in [1.807, 2.05) is 54.3 Å². The number of aliphatic hydroxyl groups is 1. The molecule has 176 valence electrons. The quantitative estimate of drug-likeness (QED) is 0.452. The van der Waals surface area contributed by atoms with E-state index in [0.717, 1.165) is 21.6 Å². The maximum atomic E-state index is 12.7. The van der Waals surface area contributed by atoms with Gasteiger partial charge in [-0.1, -0.05) is 43.3 Å². The van der Waals surface area contributed by atoms with Gasteiger partial charge in [0.05, 0.1) is 12.2 Å². The maximum absolute atomic E-state index is 12.7. The fraction of sp³-hybridized carbons (Fsp3) is 0.346. The zero-order valence-corrected chi connectivity index (χ0v) is 19.9. The van der Waals surface area contributed by atoms with Gasteiger partial charge in [0.15, 0.2) is 0 Å². The minimum absolute atomic E-state index is 0.0794. The van der Waals surface area contributed by atoms with Crippen LogP contribution in [-0.4, -0.2) is 40.5 Å². The van der Waals surface area contributed by atoms with Crippen LogP contribution in [0.1, 0.15) is 46.4 Å². The first-order chi connectivity index (χ1) is 16.5. The predicted molar refractivity (Wildman–Crippen MR) is 131 cm³/mol. The number of aromatic nitrogens is 1. The van der Waals surface area contributed by atoms with Crippen molar-refractivity contribution in [1.82, 2.24) is 9.88 Å². The molecule has 2 aromatic heterocycles. The van der Waals surface area contributed by atoms with Crippen LogP contribution in [-0.2, 0) is 28.9 Å². The van der Waals surface area contributed by atoms with E-state index in [-0.39, 0.29) is 11.8 Å². The van der Waals surface area contributed by atoms with Crippen LogP contribution < -0.4 is 5.32 Å². The second-order valence-electron chi connectivity index (χ2n) is 8.41. The lowest BCUT2D eigenvalue weighted by Crippen LogP contribution is -2.40. The Kier molecular flexibility index (Phi) is 8.03. The normalized spacial score (nSPS) is 15.2. The SMILES string of the molecule is CC(CC(=O)Nc1sc2c(c1C#N)CCN(C(O)OCCc1cccnc1)C2)c1ccccc1. The number of benzene rings is 1. The lowest BCUT2D eigenvalue weighted by Gasteiger charge is -2.30. The number of carbonyl (C=O) groups excluding carboxylic acids is 1. The molecule has 2 N–H and O–H groups in total. The van der Waals surface area contributed by atoms with E-state index in [2.05, 4.69) is 16.4 Å². The van der Waals surface area contributed by atoms with E-state index >= 15 is 0 Å². The van der Waals surface area contributed by atoms with Crippen LogP contribution in [0.3, 0.4) is 0 Å². The smallest absolute Gasteiger partial charge is 0.225 e. The molecule has 3 aromatic rings. The van der Waals surface area contributed by atoms with Gasteiger partial charge < -0.3 is 15.2 Å². The second kappa shape index (κ2) is 11.4. The predicted octanol–water partition coefficient (Wildman–Crippen LogP) is 4.04. The topological polar surface area (TPSA) is 98.5 Å². The Bertz CT molecular complexity index is 1140. The third-order valence-electron chi connectivity index (χ3n) is 6.00. The summed E-state index contributed by atoms with van der Waals surface area (Å²) >= 11 is 1.41. The van der Waals surface area contributed by atoms with Crippen molar-refractivity contribution in [3.05, 3.63) is 82.0 Å². The fourth-order valence-electron chi connectivity index (χ4n) is 4.11. The molecule has 0 spiro atoms. The fourth-order valence-corrected chi connectivity index (χ4v) is 5.35. The number of aliphatic hydroxyl groups excluding tert-OH is 1. The number of nitrogens with one attached hydrogen (secondary N) is 1. The molecule has 1 aliphatic heterocycles. The Labute approximate surface area is 203 Å². The molecule has 3 heterocycles. The lowest BCUT2D eigenvalue weighted by molar-refractivity contribution is -0.197. The van der Waals surface area contributed by atoms with Crippen molar-refractivity contribution in [3.8, 4) is 6.07 Å². The standard InChI is InChI=1S/C26H28N4O3S/c1-18(20-7-3-2-4-8-20)14-24(31)29-25-22(15-27)21-9-12-30(17-23(21)34-25)26(32)33-13-10-19-6-5-11-28-16-19/h2-8,11,16,18,26,32H,9-10,12-14,17H2,1H3,(H,29,31). The van der Waals surface area contributed by atoms with Gasteiger partial charge in [-0.05, 0) is 41.5 Å². The van der Waals surface area contributed by atoms with E-state index in [9.17, 15) is 15.2 Å². The summed E-state index contributed by atoms with van der Waals surface area (Å²) in [6.45, 7) is 3.45. The minimum atomic E-state index is -1.03. The van der Waals surface area contributed by atoms with E-state index in [4.69, 9.17) is 4.74 Å². The summed E-state index contributed by atoms with van der Waals surface area (Å²) in [5, 5.41) is 23.8. The third-order valence-corrected chi connectivity index (χ3v) is 7.14. The maximum Gasteiger partial charge on any atom is 0.225 e. The summed E-state index contributed by atoms with van der Waals surface area (Å²) in [6, 6.07) is 16.0. The van der Waals surface area contributed by atoms with Crippen molar-refractivity contribution in [2.24, 2.45) is 0 Å². The number of carbonyl (C=O) groups is 1. The zero-order valence-electron chi connectivity index (χ0n) is 19.1. The summed E-state index contributed by atoms with van der Waals surface area (Å²) in [6.07, 6.45) is 4.11. The van der Waals surface area contributed by atoms with E-state index in [0.29, 0.717) is 49.5 Å². The van der Waals surface area contributed by atoms with Crippen LogP contribution >= 0.6 is 11.3 Å². The highest BCUT2D eigenvalue weighted by Gasteiger charge is 2.28. The van der Waals surface area contributed by atoms with E-state index in [1.165, 1.54) is 11.3 Å². The minimum Gasteiger partial charge on any atom is -0.356 e. The number of nitriles is 1. The Hall–Kier alpha value is -3.09. The summed E-state index contributed by atoms with van der Waals surface area (Å²) in [4.78, 5) is 19.6. The van der Waals surface area contributed by atoms with E-state index < -0.39 is 6.41 Å². The molecule has 4 rings (SSSR count). The average molecular weight is 477 g/mol. The molecule has 0 bridgehead atoms. The number of hydrogen-bond acceptors (Lipinski definition) is 7. The van der Waals surface area contributed by atoms with Crippen molar-refractivity contribution in [3.63, 3.8) is 0 Å². The van der Waals surface area contributed by atoms with Gasteiger partial charge in [-0.15, -0.1) is 11.3 Å². The lowest BCUT2D eigenvalue weighted by atomic mass is 9.97. The largest absolute Gasteiger partial charge is 0.356 e. The molecule has 2 atom stereocenters. The molecular weight excluding hydrogens is 448 g/mol. The zero-order chi connectivity index (χ0) is 23.9. The number of rotatable bonds is 9. The van der Waals surface area contributed by atoms with Crippen molar-refractivity contribution < 1.29 is 14.6 Å². The van der Waals surface area contributed by atoms with Crippen LogP contribution in [0.25, 0.3) is 0 Å². The Morgan fingerprint density at radius 1 is 1.32 bits per heavy atom. The number of fused-ring (bicyclic) bond motifs is 1. The number of ether oxygens (including phenoxy) is 1. The molecule has 2 unspecified atom stereocenters. The average Bonchev–Trinajstić information content (AvgIpc) is 3.20. The van der Waals surface area contributed by atoms with Gasteiger partial charge in [-0.3, -0.25) is 9.78 Å². The summed E-state index contributed by atoms with van der Waals surface area (Å²) < 4.78 is 5.64. The van der Waals surface area contributed by atoms with E-state index in [1.54, 1.807) is 12.4 Å². The molecule has 7 nitrogen and oxygen atoms in total. The van der Waals surface area contributed by atoms with Crippen LogP contribution in [0.5, 0.6) is 0 Å². The van der Waals surface area contributed by atoms with Gasteiger partial charge >= 0.3 is 0 Å².